The Balaban J connectivity index is 2.88. The first-order valence-corrected chi connectivity index (χ1v) is 3.79. The van der Waals surface area contributed by atoms with Crippen LogP contribution in [0.2, 0.25) is 0 Å². The van der Waals surface area contributed by atoms with E-state index in [1.807, 2.05) is 30.3 Å². The first-order valence-electron chi connectivity index (χ1n) is 3.79. The molecule has 2 heteroatoms. The number of aliphatic hydroxyl groups excluding tert-OH is 1. The van der Waals surface area contributed by atoms with Crippen LogP contribution in [0.5, 0.6) is 0 Å². The highest BCUT2D eigenvalue weighted by molar-refractivity contribution is 5.66. The third-order valence-corrected chi connectivity index (χ3v) is 1.63. The van der Waals surface area contributed by atoms with E-state index in [1.165, 1.54) is 6.08 Å². The summed E-state index contributed by atoms with van der Waals surface area (Å²) < 4.78 is 12.4. The molecule has 1 rings (SSSR count). The minimum atomic E-state index is -0.537. The van der Waals surface area contributed by atoms with Crippen LogP contribution in [0.1, 0.15) is 5.56 Å². The summed E-state index contributed by atoms with van der Waals surface area (Å²) in [6.45, 7) is -0.654. The zero-order valence-electron chi connectivity index (χ0n) is 6.70. The second-order valence-corrected chi connectivity index (χ2v) is 2.41. The molecule has 0 aliphatic rings. The van der Waals surface area contributed by atoms with E-state index in [2.05, 4.69) is 0 Å². The van der Waals surface area contributed by atoms with Crippen LogP contribution >= 0.6 is 0 Å². The Labute approximate surface area is 71.2 Å². The molecule has 1 nitrogen and oxygen atoms in total. The van der Waals surface area contributed by atoms with E-state index < -0.39 is 6.67 Å². The summed E-state index contributed by atoms with van der Waals surface area (Å²) in [6.07, 6.45) is 1.48. The molecule has 12 heavy (non-hydrogen) atoms. The van der Waals surface area contributed by atoms with E-state index in [4.69, 9.17) is 5.11 Å². The Hall–Kier alpha value is -1.15. The largest absolute Gasteiger partial charge is 0.392 e. The average Bonchev–Trinajstić information content (AvgIpc) is 2.15. The number of benzene rings is 1. The Bertz CT molecular complexity index is 254. The molecule has 0 aliphatic heterocycles. The van der Waals surface area contributed by atoms with Crippen molar-refractivity contribution >= 4 is 5.57 Å². The molecule has 0 aliphatic carbocycles. The van der Waals surface area contributed by atoms with Gasteiger partial charge in [-0.25, -0.2) is 4.39 Å². The number of alkyl halides is 1. The maximum atomic E-state index is 12.4. The first-order chi connectivity index (χ1) is 5.88. The van der Waals surface area contributed by atoms with Crippen molar-refractivity contribution in [2.24, 2.45) is 0 Å². The van der Waals surface area contributed by atoms with Crippen molar-refractivity contribution in [2.45, 2.75) is 0 Å². The summed E-state index contributed by atoms with van der Waals surface area (Å²) in [6, 6.07) is 9.20. The quantitative estimate of drug-likeness (QED) is 0.728. The van der Waals surface area contributed by atoms with E-state index in [-0.39, 0.29) is 6.61 Å². The molecule has 0 heterocycles. The predicted octanol–water partition coefficient (Wildman–Crippen LogP) is 2.03. The summed E-state index contributed by atoms with van der Waals surface area (Å²) in [7, 11) is 0. The summed E-state index contributed by atoms with van der Waals surface area (Å²) in [5, 5.41) is 8.59. The van der Waals surface area contributed by atoms with Gasteiger partial charge in [-0.1, -0.05) is 36.4 Å². The minimum absolute atomic E-state index is 0.117. The lowest BCUT2D eigenvalue weighted by molar-refractivity contribution is 0.342. The van der Waals surface area contributed by atoms with E-state index in [0.717, 1.165) is 5.56 Å². The van der Waals surface area contributed by atoms with Crippen LogP contribution in [0.4, 0.5) is 4.39 Å². The van der Waals surface area contributed by atoms with Crippen LogP contribution in [-0.4, -0.2) is 18.4 Å². The molecule has 64 valence electrons. The zero-order chi connectivity index (χ0) is 8.81. The topological polar surface area (TPSA) is 20.2 Å². The van der Waals surface area contributed by atoms with Gasteiger partial charge in [-0.2, -0.15) is 0 Å². The van der Waals surface area contributed by atoms with Gasteiger partial charge in [0.1, 0.15) is 6.67 Å². The molecule has 0 aromatic heterocycles. The van der Waals surface area contributed by atoms with E-state index in [1.54, 1.807) is 0 Å². The second-order valence-electron chi connectivity index (χ2n) is 2.41. The number of rotatable bonds is 3. The summed E-state index contributed by atoms with van der Waals surface area (Å²) in [4.78, 5) is 0. The van der Waals surface area contributed by atoms with Crippen LogP contribution in [0.15, 0.2) is 36.4 Å². The van der Waals surface area contributed by atoms with Crippen molar-refractivity contribution in [1.29, 1.82) is 0 Å². The standard InChI is InChI=1S/C10H11FO/c11-8-10(6-7-12)9-4-2-1-3-5-9/h1-6,12H,7-8H2/b10-6-. The summed E-state index contributed by atoms with van der Waals surface area (Å²) in [5.74, 6) is 0. The fourth-order valence-electron chi connectivity index (χ4n) is 1.01. The number of hydrogen-bond acceptors (Lipinski definition) is 1. The van der Waals surface area contributed by atoms with Crippen LogP contribution in [0.3, 0.4) is 0 Å². The highest BCUT2D eigenvalue weighted by Crippen LogP contribution is 2.13. The van der Waals surface area contributed by atoms with Gasteiger partial charge in [0.25, 0.3) is 0 Å². The second kappa shape index (κ2) is 4.67. The molecule has 0 saturated carbocycles. The normalized spacial score (nSPS) is 11.7. The molecule has 0 unspecified atom stereocenters. The van der Waals surface area contributed by atoms with Crippen molar-refractivity contribution < 1.29 is 9.50 Å². The third-order valence-electron chi connectivity index (χ3n) is 1.63. The predicted molar refractivity (Wildman–Crippen MR) is 47.5 cm³/mol. The molecule has 0 saturated heterocycles. The van der Waals surface area contributed by atoms with Crippen LogP contribution in [-0.2, 0) is 0 Å². The lowest BCUT2D eigenvalue weighted by Crippen LogP contribution is -1.88. The van der Waals surface area contributed by atoms with Gasteiger partial charge in [-0.3, -0.25) is 0 Å². The first kappa shape index (κ1) is 8.94. The lowest BCUT2D eigenvalue weighted by Gasteiger charge is -2.00. The van der Waals surface area contributed by atoms with Gasteiger partial charge < -0.3 is 5.11 Å². The zero-order valence-corrected chi connectivity index (χ0v) is 6.70. The third kappa shape index (κ3) is 2.17. The van der Waals surface area contributed by atoms with Crippen molar-refractivity contribution in [3.05, 3.63) is 42.0 Å². The molecular formula is C10H11FO. The van der Waals surface area contributed by atoms with Crippen molar-refractivity contribution in [1.82, 2.24) is 0 Å². The number of aliphatic hydroxyl groups is 1. The lowest BCUT2D eigenvalue weighted by atomic mass is 10.1. The fraction of sp³-hybridized carbons (Fsp3) is 0.200. The van der Waals surface area contributed by atoms with Gasteiger partial charge in [0.2, 0.25) is 0 Å². The van der Waals surface area contributed by atoms with Gasteiger partial charge in [-0.05, 0) is 11.1 Å². The van der Waals surface area contributed by atoms with Gasteiger partial charge in [0, 0.05) is 0 Å². The molecule has 1 aromatic carbocycles. The Morgan fingerprint density at radius 2 is 2.00 bits per heavy atom. The van der Waals surface area contributed by atoms with Crippen LogP contribution in [0, 0.1) is 0 Å². The van der Waals surface area contributed by atoms with Gasteiger partial charge in [0.05, 0.1) is 6.61 Å². The smallest absolute Gasteiger partial charge is 0.115 e. The van der Waals surface area contributed by atoms with Crippen LogP contribution < -0.4 is 0 Å². The van der Waals surface area contributed by atoms with Crippen molar-refractivity contribution in [3.63, 3.8) is 0 Å². The molecular weight excluding hydrogens is 155 g/mol. The molecule has 0 atom stereocenters. The summed E-state index contributed by atoms with van der Waals surface area (Å²) in [5.41, 5.74) is 1.37. The number of hydrogen-bond donors (Lipinski definition) is 1. The van der Waals surface area contributed by atoms with E-state index >= 15 is 0 Å². The van der Waals surface area contributed by atoms with Gasteiger partial charge >= 0.3 is 0 Å². The SMILES string of the molecule is OC/C=C(/CF)c1ccccc1. The highest BCUT2D eigenvalue weighted by atomic mass is 19.1. The average molecular weight is 166 g/mol. The minimum Gasteiger partial charge on any atom is -0.392 e. The molecule has 0 radical (unpaired) electrons. The summed E-state index contributed by atoms with van der Waals surface area (Å²) >= 11 is 0. The molecule has 0 amide bonds. The van der Waals surface area contributed by atoms with Gasteiger partial charge in [-0.15, -0.1) is 0 Å². The molecule has 1 N–H and O–H groups in total. The van der Waals surface area contributed by atoms with Crippen LogP contribution in [0.25, 0.3) is 5.57 Å². The number of halogens is 1. The Morgan fingerprint density at radius 1 is 1.33 bits per heavy atom. The molecule has 0 bridgehead atoms. The monoisotopic (exact) mass is 166 g/mol. The van der Waals surface area contributed by atoms with Gasteiger partial charge in [0.15, 0.2) is 0 Å². The molecule has 1 aromatic rings. The van der Waals surface area contributed by atoms with Crippen molar-refractivity contribution in [3.8, 4) is 0 Å². The van der Waals surface area contributed by atoms with Crippen molar-refractivity contribution in [2.75, 3.05) is 13.3 Å². The van der Waals surface area contributed by atoms with E-state index in [0.29, 0.717) is 5.57 Å². The molecule has 0 fully saturated rings. The van der Waals surface area contributed by atoms with E-state index in [9.17, 15) is 4.39 Å². The highest BCUT2D eigenvalue weighted by Gasteiger charge is 1.97. The number of allylic oxidation sites excluding steroid dienone is 1. The maximum Gasteiger partial charge on any atom is 0.115 e. The molecule has 0 spiro atoms. The maximum absolute atomic E-state index is 12.4. The Kier molecular flexibility index (Phi) is 3.48. The Morgan fingerprint density at radius 3 is 2.50 bits per heavy atom. The fourth-order valence-corrected chi connectivity index (χ4v) is 1.01.